The zero-order valence-corrected chi connectivity index (χ0v) is 16.8. The minimum absolute atomic E-state index is 0. The van der Waals surface area contributed by atoms with Crippen molar-refractivity contribution in [1.29, 1.82) is 0 Å². The SMILES string of the molecule is Cl.Clc1ccccc1N1CCC(CNCC2COc3ccccc3O2)CC1. The van der Waals surface area contributed by atoms with Crippen LogP contribution in [-0.2, 0) is 0 Å². The molecule has 0 radical (unpaired) electrons. The van der Waals surface area contributed by atoms with Crippen molar-refractivity contribution in [3.05, 3.63) is 53.6 Å². The van der Waals surface area contributed by atoms with Crippen LogP contribution in [0.4, 0.5) is 5.69 Å². The lowest BCUT2D eigenvalue weighted by atomic mass is 9.96. The van der Waals surface area contributed by atoms with Crippen LogP contribution in [0.5, 0.6) is 11.5 Å². The summed E-state index contributed by atoms with van der Waals surface area (Å²) in [6.07, 6.45) is 2.44. The van der Waals surface area contributed by atoms with Gasteiger partial charge in [0, 0.05) is 19.6 Å². The highest BCUT2D eigenvalue weighted by atomic mass is 35.5. The molecular weight excluding hydrogens is 383 g/mol. The lowest BCUT2D eigenvalue weighted by Crippen LogP contribution is -2.42. The molecule has 4 nitrogen and oxygen atoms in total. The minimum Gasteiger partial charge on any atom is -0.486 e. The van der Waals surface area contributed by atoms with E-state index in [1.54, 1.807) is 0 Å². The summed E-state index contributed by atoms with van der Waals surface area (Å²) in [7, 11) is 0. The summed E-state index contributed by atoms with van der Waals surface area (Å²) in [6, 6.07) is 16.0. The van der Waals surface area contributed by atoms with E-state index in [4.69, 9.17) is 21.1 Å². The summed E-state index contributed by atoms with van der Waals surface area (Å²) in [5.41, 5.74) is 1.16. The number of hydrogen-bond donors (Lipinski definition) is 1. The number of halogens is 2. The molecule has 2 aliphatic heterocycles. The summed E-state index contributed by atoms with van der Waals surface area (Å²) in [5, 5.41) is 4.42. The molecule has 1 atom stereocenters. The number of fused-ring (bicyclic) bond motifs is 1. The van der Waals surface area contributed by atoms with E-state index in [1.807, 2.05) is 36.4 Å². The number of nitrogens with zero attached hydrogens (tertiary/aromatic N) is 1. The fraction of sp³-hybridized carbons (Fsp3) is 0.429. The van der Waals surface area contributed by atoms with Gasteiger partial charge in [0.25, 0.3) is 0 Å². The number of hydrogen-bond acceptors (Lipinski definition) is 4. The van der Waals surface area contributed by atoms with E-state index in [0.29, 0.717) is 12.5 Å². The Bertz CT molecular complexity index is 736. The highest BCUT2D eigenvalue weighted by Gasteiger charge is 2.23. The van der Waals surface area contributed by atoms with E-state index >= 15 is 0 Å². The molecule has 0 aliphatic carbocycles. The van der Waals surface area contributed by atoms with Gasteiger partial charge >= 0.3 is 0 Å². The first-order valence-electron chi connectivity index (χ1n) is 9.38. The molecule has 0 aromatic heterocycles. The molecule has 1 unspecified atom stereocenters. The van der Waals surface area contributed by atoms with Crippen LogP contribution in [0.3, 0.4) is 0 Å². The van der Waals surface area contributed by atoms with Crippen LogP contribution >= 0.6 is 24.0 Å². The molecule has 27 heavy (non-hydrogen) atoms. The molecule has 2 aromatic carbocycles. The molecule has 1 saturated heterocycles. The van der Waals surface area contributed by atoms with Crippen LogP contribution in [0.2, 0.25) is 5.02 Å². The Morgan fingerprint density at radius 1 is 0.963 bits per heavy atom. The zero-order valence-electron chi connectivity index (χ0n) is 15.3. The van der Waals surface area contributed by atoms with E-state index < -0.39 is 0 Å². The molecule has 2 aliphatic rings. The smallest absolute Gasteiger partial charge is 0.161 e. The molecule has 4 rings (SSSR count). The molecule has 146 valence electrons. The van der Waals surface area contributed by atoms with Gasteiger partial charge < -0.3 is 19.7 Å². The first-order valence-corrected chi connectivity index (χ1v) is 9.76. The van der Waals surface area contributed by atoms with Crippen molar-refractivity contribution >= 4 is 29.7 Å². The largest absolute Gasteiger partial charge is 0.486 e. The maximum Gasteiger partial charge on any atom is 0.161 e. The molecule has 0 spiro atoms. The first kappa shape index (κ1) is 20.1. The van der Waals surface area contributed by atoms with E-state index in [-0.39, 0.29) is 18.5 Å². The van der Waals surface area contributed by atoms with Crippen molar-refractivity contribution in [1.82, 2.24) is 5.32 Å². The predicted molar refractivity (Wildman–Crippen MR) is 113 cm³/mol. The molecule has 2 heterocycles. The second-order valence-corrected chi connectivity index (χ2v) is 7.44. The number of ether oxygens (including phenoxy) is 2. The van der Waals surface area contributed by atoms with Gasteiger partial charge in [-0.25, -0.2) is 0 Å². The van der Waals surface area contributed by atoms with Crippen molar-refractivity contribution in [3.63, 3.8) is 0 Å². The summed E-state index contributed by atoms with van der Waals surface area (Å²) in [4.78, 5) is 2.40. The van der Waals surface area contributed by atoms with E-state index in [2.05, 4.69) is 22.3 Å². The van der Waals surface area contributed by atoms with Crippen molar-refractivity contribution in [2.75, 3.05) is 37.7 Å². The van der Waals surface area contributed by atoms with Gasteiger partial charge in [0.05, 0.1) is 10.7 Å². The summed E-state index contributed by atoms with van der Waals surface area (Å²) in [6.45, 7) is 4.57. The highest BCUT2D eigenvalue weighted by molar-refractivity contribution is 6.33. The van der Waals surface area contributed by atoms with Gasteiger partial charge in [-0.3, -0.25) is 0 Å². The molecule has 0 bridgehead atoms. The second-order valence-electron chi connectivity index (χ2n) is 7.04. The molecular formula is C21H26Cl2N2O2. The van der Waals surface area contributed by atoms with E-state index in [9.17, 15) is 0 Å². The predicted octanol–water partition coefficient (Wildman–Crippen LogP) is 4.41. The third-order valence-electron chi connectivity index (χ3n) is 5.18. The summed E-state index contributed by atoms with van der Waals surface area (Å²) >= 11 is 6.32. The van der Waals surface area contributed by atoms with Crippen molar-refractivity contribution in [2.45, 2.75) is 18.9 Å². The second kappa shape index (κ2) is 9.54. The average Bonchev–Trinajstić information content (AvgIpc) is 2.69. The Hall–Kier alpha value is -1.62. The number of rotatable bonds is 5. The molecule has 6 heteroatoms. The van der Waals surface area contributed by atoms with Crippen LogP contribution in [0.25, 0.3) is 0 Å². The van der Waals surface area contributed by atoms with Gasteiger partial charge in [0.2, 0.25) is 0 Å². The van der Waals surface area contributed by atoms with Crippen LogP contribution < -0.4 is 19.7 Å². The fourth-order valence-electron chi connectivity index (χ4n) is 3.70. The zero-order chi connectivity index (χ0) is 17.8. The number of piperidine rings is 1. The Morgan fingerprint density at radius 2 is 1.67 bits per heavy atom. The normalized spacial score (nSPS) is 19.4. The van der Waals surface area contributed by atoms with Crippen molar-refractivity contribution in [2.24, 2.45) is 5.92 Å². The van der Waals surface area contributed by atoms with Gasteiger partial charge in [-0.05, 0) is 49.6 Å². The Kier molecular flexibility index (Phi) is 7.11. The maximum absolute atomic E-state index is 6.32. The van der Waals surface area contributed by atoms with Gasteiger partial charge in [0.1, 0.15) is 12.7 Å². The number of nitrogens with one attached hydrogen (secondary N) is 1. The molecule has 0 saturated carbocycles. The van der Waals surface area contributed by atoms with Crippen molar-refractivity contribution in [3.8, 4) is 11.5 Å². The topological polar surface area (TPSA) is 33.7 Å². The third kappa shape index (κ3) is 5.01. The van der Waals surface area contributed by atoms with Crippen molar-refractivity contribution < 1.29 is 9.47 Å². The highest BCUT2D eigenvalue weighted by Crippen LogP contribution is 2.31. The lowest BCUT2D eigenvalue weighted by Gasteiger charge is -2.34. The molecule has 0 amide bonds. The molecule has 1 fully saturated rings. The average molecular weight is 409 g/mol. The molecule has 1 N–H and O–H groups in total. The molecule has 2 aromatic rings. The minimum atomic E-state index is 0. The van der Waals surface area contributed by atoms with Gasteiger partial charge in [-0.15, -0.1) is 12.4 Å². The van der Waals surface area contributed by atoms with Gasteiger partial charge in [0.15, 0.2) is 11.5 Å². The third-order valence-corrected chi connectivity index (χ3v) is 5.50. The van der Waals surface area contributed by atoms with Gasteiger partial charge in [-0.1, -0.05) is 35.9 Å². The number of anilines is 1. The summed E-state index contributed by atoms with van der Waals surface area (Å²) in [5.74, 6) is 2.39. The maximum atomic E-state index is 6.32. The Morgan fingerprint density at radius 3 is 2.44 bits per heavy atom. The standard InChI is InChI=1S/C21H25ClN2O2.ClH/c22-18-5-1-2-6-19(18)24-11-9-16(10-12-24)13-23-14-17-15-25-20-7-3-4-8-21(20)26-17;/h1-8,16-17,23H,9-15H2;1H. The van der Waals surface area contributed by atoms with Crippen LogP contribution in [-0.4, -0.2) is 38.9 Å². The van der Waals surface area contributed by atoms with Crippen LogP contribution in [0, 0.1) is 5.92 Å². The van der Waals surface area contributed by atoms with E-state index in [1.165, 1.54) is 12.8 Å². The number of benzene rings is 2. The Balaban J connectivity index is 0.00000210. The quantitative estimate of drug-likeness (QED) is 0.794. The van der Waals surface area contributed by atoms with Crippen LogP contribution in [0.1, 0.15) is 12.8 Å². The lowest BCUT2D eigenvalue weighted by molar-refractivity contribution is 0.0894. The van der Waals surface area contributed by atoms with Gasteiger partial charge in [-0.2, -0.15) is 0 Å². The fourth-order valence-corrected chi connectivity index (χ4v) is 3.95. The van der Waals surface area contributed by atoms with Crippen LogP contribution in [0.15, 0.2) is 48.5 Å². The first-order chi connectivity index (χ1) is 12.8. The number of para-hydroxylation sites is 3. The monoisotopic (exact) mass is 408 g/mol. The van der Waals surface area contributed by atoms with E-state index in [0.717, 1.165) is 48.4 Å². The Labute approximate surface area is 172 Å². The summed E-state index contributed by atoms with van der Waals surface area (Å²) < 4.78 is 11.8.